The number of anilines is 1. The van der Waals surface area contributed by atoms with Gasteiger partial charge >= 0.3 is 5.97 Å². The number of hydrogen-bond acceptors (Lipinski definition) is 4. The summed E-state index contributed by atoms with van der Waals surface area (Å²) >= 11 is 6.08. The Kier molecular flexibility index (Phi) is 6.96. The number of amides is 2. The van der Waals surface area contributed by atoms with Crippen LogP contribution in [0.15, 0.2) is 42.5 Å². The molecule has 0 atom stereocenters. The minimum atomic E-state index is -0.505. The molecule has 0 aliphatic heterocycles. The van der Waals surface area contributed by atoms with Crippen LogP contribution in [0.3, 0.4) is 0 Å². The number of ether oxygens (including phenoxy) is 1. The molecule has 6 nitrogen and oxygen atoms in total. The van der Waals surface area contributed by atoms with Crippen LogP contribution >= 0.6 is 11.6 Å². The number of esters is 1. The largest absolute Gasteiger partial charge is 0.465 e. The van der Waals surface area contributed by atoms with Crippen molar-refractivity contribution in [1.29, 1.82) is 0 Å². The maximum atomic E-state index is 12.2. The molecule has 2 aromatic carbocycles. The van der Waals surface area contributed by atoms with E-state index in [1.807, 2.05) is 12.1 Å². The van der Waals surface area contributed by atoms with Crippen molar-refractivity contribution in [1.82, 2.24) is 4.90 Å². The third kappa shape index (κ3) is 5.56. The minimum Gasteiger partial charge on any atom is -0.465 e. The number of hydrogen-bond donors (Lipinski definition) is 1. The summed E-state index contributed by atoms with van der Waals surface area (Å²) < 4.78 is 4.66. The van der Waals surface area contributed by atoms with Crippen molar-refractivity contribution in [3.63, 3.8) is 0 Å². The van der Waals surface area contributed by atoms with Gasteiger partial charge in [-0.15, -0.1) is 0 Å². The average molecular weight is 389 g/mol. The van der Waals surface area contributed by atoms with Crippen LogP contribution in [-0.4, -0.2) is 43.9 Å². The van der Waals surface area contributed by atoms with E-state index in [1.54, 1.807) is 26.2 Å². The van der Waals surface area contributed by atoms with Gasteiger partial charge in [0.1, 0.15) is 0 Å². The van der Waals surface area contributed by atoms with Crippen molar-refractivity contribution < 1.29 is 19.1 Å². The average Bonchev–Trinajstić information content (AvgIpc) is 2.67. The molecule has 0 aromatic heterocycles. The minimum absolute atomic E-state index is 0.0700. The van der Waals surface area contributed by atoms with Crippen molar-refractivity contribution in [2.45, 2.75) is 12.8 Å². The van der Waals surface area contributed by atoms with Gasteiger partial charge in [-0.2, -0.15) is 0 Å². The monoisotopic (exact) mass is 388 g/mol. The smallest absolute Gasteiger partial charge is 0.337 e. The van der Waals surface area contributed by atoms with Gasteiger partial charge in [0.05, 0.1) is 23.4 Å². The van der Waals surface area contributed by atoms with Gasteiger partial charge in [0, 0.05) is 26.1 Å². The quantitative estimate of drug-likeness (QED) is 0.769. The first-order valence-electron chi connectivity index (χ1n) is 8.30. The number of carbonyl (C=O) groups excluding carboxylic acids is 3. The zero-order valence-electron chi connectivity index (χ0n) is 15.4. The Balaban J connectivity index is 1.97. The highest BCUT2D eigenvalue weighted by Crippen LogP contribution is 2.23. The zero-order chi connectivity index (χ0) is 20.0. The lowest BCUT2D eigenvalue weighted by molar-refractivity contribution is -0.116. The summed E-state index contributed by atoms with van der Waals surface area (Å²) in [6.07, 6.45) is 0.746. The summed E-state index contributed by atoms with van der Waals surface area (Å²) in [4.78, 5) is 37.2. The van der Waals surface area contributed by atoms with E-state index in [4.69, 9.17) is 11.6 Å². The third-order valence-corrected chi connectivity index (χ3v) is 4.24. The number of carbonyl (C=O) groups is 3. The molecule has 0 unspecified atom stereocenters. The van der Waals surface area contributed by atoms with Crippen molar-refractivity contribution in [3.05, 3.63) is 64.2 Å². The van der Waals surface area contributed by atoms with Crippen molar-refractivity contribution >= 4 is 35.1 Å². The molecule has 0 fully saturated rings. The predicted octanol–water partition coefficient (Wildman–Crippen LogP) is 3.40. The van der Waals surface area contributed by atoms with Gasteiger partial charge in [-0.05, 0) is 42.3 Å². The lowest BCUT2D eigenvalue weighted by Gasteiger charge is -2.11. The third-order valence-electron chi connectivity index (χ3n) is 3.91. The fourth-order valence-corrected chi connectivity index (χ4v) is 2.57. The van der Waals surface area contributed by atoms with E-state index < -0.39 is 5.97 Å². The Bertz CT molecular complexity index is 848. The lowest BCUT2D eigenvalue weighted by atomic mass is 10.1. The second-order valence-electron chi connectivity index (χ2n) is 6.13. The maximum Gasteiger partial charge on any atom is 0.337 e. The number of rotatable bonds is 6. The van der Waals surface area contributed by atoms with Crippen LogP contribution in [0.5, 0.6) is 0 Å². The van der Waals surface area contributed by atoms with E-state index >= 15 is 0 Å². The standard InChI is InChI=1S/C20H21ClN2O4/c1-23(2)19(25)14-7-4-13(5-8-14)6-11-18(24)22-17-12-15(20(26)27-3)9-10-16(17)21/h4-5,7-10,12H,6,11H2,1-3H3,(H,22,24). The first kappa shape index (κ1) is 20.5. The molecule has 0 spiro atoms. The Morgan fingerprint density at radius 2 is 1.67 bits per heavy atom. The Hall–Kier alpha value is -2.86. The SMILES string of the molecule is COC(=O)c1ccc(Cl)c(NC(=O)CCc2ccc(C(=O)N(C)C)cc2)c1. The Morgan fingerprint density at radius 3 is 2.26 bits per heavy atom. The topological polar surface area (TPSA) is 75.7 Å². The van der Waals surface area contributed by atoms with Crippen LogP contribution < -0.4 is 5.32 Å². The first-order valence-corrected chi connectivity index (χ1v) is 8.68. The van der Waals surface area contributed by atoms with Crippen molar-refractivity contribution in [2.24, 2.45) is 0 Å². The summed E-state index contributed by atoms with van der Waals surface area (Å²) in [6, 6.07) is 11.7. The van der Waals surface area contributed by atoms with Gasteiger partial charge in [-0.25, -0.2) is 4.79 Å². The number of nitrogens with one attached hydrogen (secondary N) is 1. The normalized spacial score (nSPS) is 10.2. The van der Waals surface area contributed by atoms with Gasteiger partial charge in [-0.3, -0.25) is 9.59 Å². The van der Waals surface area contributed by atoms with Gasteiger partial charge in [0.25, 0.3) is 5.91 Å². The van der Waals surface area contributed by atoms with Crippen LogP contribution in [0.25, 0.3) is 0 Å². The maximum absolute atomic E-state index is 12.2. The van der Waals surface area contributed by atoms with Crippen LogP contribution in [0.4, 0.5) is 5.69 Å². The van der Waals surface area contributed by atoms with Crippen LogP contribution in [0, 0.1) is 0 Å². The molecule has 2 amide bonds. The predicted molar refractivity (Wildman–Crippen MR) is 104 cm³/mol. The highest BCUT2D eigenvalue weighted by Gasteiger charge is 2.12. The fourth-order valence-electron chi connectivity index (χ4n) is 2.41. The lowest BCUT2D eigenvalue weighted by Crippen LogP contribution is -2.21. The molecule has 0 aliphatic rings. The number of nitrogens with zero attached hydrogens (tertiary/aromatic N) is 1. The number of benzene rings is 2. The Labute approximate surface area is 163 Å². The highest BCUT2D eigenvalue weighted by atomic mass is 35.5. The summed E-state index contributed by atoms with van der Waals surface area (Å²) in [5, 5.41) is 3.04. The second-order valence-corrected chi connectivity index (χ2v) is 6.54. The number of methoxy groups -OCH3 is 1. The molecule has 0 saturated heterocycles. The van der Waals surface area contributed by atoms with E-state index in [1.165, 1.54) is 30.2 Å². The molecule has 0 radical (unpaired) electrons. The van der Waals surface area contributed by atoms with Gasteiger partial charge in [0.2, 0.25) is 5.91 Å². The van der Waals surface area contributed by atoms with Crippen molar-refractivity contribution in [3.8, 4) is 0 Å². The number of aryl methyl sites for hydroxylation is 1. The van der Waals surface area contributed by atoms with E-state index in [-0.39, 0.29) is 18.2 Å². The molecule has 0 aliphatic carbocycles. The van der Waals surface area contributed by atoms with Crippen molar-refractivity contribution in [2.75, 3.05) is 26.5 Å². The second kappa shape index (κ2) is 9.19. The first-order chi connectivity index (χ1) is 12.8. The van der Waals surface area contributed by atoms with E-state index in [0.717, 1.165) is 5.56 Å². The Morgan fingerprint density at radius 1 is 1.04 bits per heavy atom. The molecule has 7 heteroatoms. The molecule has 142 valence electrons. The van der Waals surface area contributed by atoms with Gasteiger partial charge in [0.15, 0.2) is 0 Å². The molecular weight excluding hydrogens is 368 g/mol. The van der Waals surface area contributed by atoms with Gasteiger partial charge in [-0.1, -0.05) is 23.7 Å². The van der Waals surface area contributed by atoms with E-state index in [0.29, 0.717) is 28.3 Å². The molecule has 2 aromatic rings. The summed E-state index contributed by atoms with van der Waals surface area (Å²) in [7, 11) is 4.67. The molecular formula is C20H21ClN2O4. The van der Waals surface area contributed by atoms with Crippen LogP contribution in [0.1, 0.15) is 32.7 Å². The van der Waals surface area contributed by atoms with Crippen LogP contribution in [-0.2, 0) is 16.0 Å². The molecule has 0 heterocycles. The molecule has 0 bridgehead atoms. The van der Waals surface area contributed by atoms with E-state index in [9.17, 15) is 14.4 Å². The zero-order valence-corrected chi connectivity index (χ0v) is 16.2. The summed E-state index contributed by atoms with van der Waals surface area (Å²) in [6.45, 7) is 0. The fraction of sp³-hybridized carbons (Fsp3) is 0.250. The number of halogens is 1. The molecule has 1 N–H and O–H groups in total. The molecule has 27 heavy (non-hydrogen) atoms. The summed E-state index contributed by atoms with van der Waals surface area (Å²) in [5.74, 6) is -0.804. The van der Waals surface area contributed by atoms with E-state index in [2.05, 4.69) is 10.1 Å². The summed E-state index contributed by atoms with van der Waals surface area (Å²) in [5.41, 5.74) is 2.20. The highest BCUT2D eigenvalue weighted by molar-refractivity contribution is 6.33. The molecule has 2 rings (SSSR count). The van der Waals surface area contributed by atoms with Crippen LogP contribution in [0.2, 0.25) is 5.02 Å². The molecule has 0 saturated carbocycles. The van der Waals surface area contributed by atoms with Gasteiger partial charge < -0.3 is 15.0 Å².